The third-order valence-corrected chi connectivity index (χ3v) is 7.39. The number of likely N-dealkylation sites (N-methyl/N-ethyl adjacent to an activating group) is 1. The van der Waals surface area contributed by atoms with Crippen LogP contribution in [0, 0.1) is 0 Å². The van der Waals surface area contributed by atoms with Crippen LogP contribution >= 0.6 is 11.8 Å². The van der Waals surface area contributed by atoms with E-state index in [1.54, 1.807) is 11.8 Å². The Bertz CT molecular complexity index is 1190. The third-order valence-electron chi connectivity index (χ3n) is 4.93. The van der Waals surface area contributed by atoms with E-state index in [2.05, 4.69) is 20.6 Å². The molecule has 0 aliphatic rings. The fraction of sp³-hybridized carbons (Fsp3) is 0.318. The Labute approximate surface area is 197 Å². The molecule has 0 saturated heterocycles. The first kappa shape index (κ1) is 24.7. The topological polar surface area (TPSA) is 124 Å². The molecule has 0 radical (unpaired) electrons. The first-order valence-corrected chi connectivity index (χ1v) is 13.1. The maximum Gasteiger partial charge on any atom is 0.243 e. The summed E-state index contributed by atoms with van der Waals surface area (Å²) >= 11 is 1.65. The van der Waals surface area contributed by atoms with Crippen LogP contribution in [0.1, 0.15) is 25.2 Å². The van der Waals surface area contributed by atoms with Gasteiger partial charge in [0.15, 0.2) is 0 Å². The van der Waals surface area contributed by atoms with Gasteiger partial charge in [0.05, 0.1) is 28.5 Å². The summed E-state index contributed by atoms with van der Waals surface area (Å²) in [5, 5.41) is 5.50. The van der Waals surface area contributed by atoms with Crippen LogP contribution in [-0.4, -0.2) is 60.1 Å². The highest BCUT2D eigenvalue weighted by molar-refractivity contribution is 7.98. The molecule has 0 unspecified atom stereocenters. The fourth-order valence-corrected chi connectivity index (χ4v) is 4.87. The van der Waals surface area contributed by atoms with Crippen LogP contribution in [0.4, 0.5) is 5.69 Å². The van der Waals surface area contributed by atoms with Gasteiger partial charge in [-0.1, -0.05) is 12.1 Å². The highest BCUT2D eigenvalue weighted by Gasteiger charge is 2.25. The molecule has 1 aromatic heterocycles. The molecule has 3 aromatic rings. The van der Waals surface area contributed by atoms with Crippen LogP contribution in [0.3, 0.4) is 0 Å². The fourth-order valence-electron chi connectivity index (χ4n) is 3.27. The van der Waals surface area contributed by atoms with Gasteiger partial charge in [-0.3, -0.25) is 9.59 Å². The van der Waals surface area contributed by atoms with Crippen molar-refractivity contribution in [2.45, 2.75) is 24.3 Å². The molecule has 33 heavy (non-hydrogen) atoms. The Kier molecular flexibility index (Phi) is 8.11. The van der Waals surface area contributed by atoms with Crippen molar-refractivity contribution in [2.24, 2.45) is 0 Å². The van der Waals surface area contributed by atoms with Crippen molar-refractivity contribution in [3.05, 3.63) is 54.4 Å². The Hall–Kier alpha value is -2.89. The van der Waals surface area contributed by atoms with E-state index < -0.39 is 15.9 Å². The zero-order valence-corrected chi connectivity index (χ0v) is 20.3. The molecule has 0 bridgehead atoms. The lowest BCUT2D eigenvalue weighted by Gasteiger charge is -2.20. The summed E-state index contributed by atoms with van der Waals surface area (Å²) in [6.07, 6.45) is 2.63. The summed E-state index contributed by atoms with van der Waals surface area (Å²) < 4.78 is 26.8. The summed E-state index contributed by atoms with van der Waals surface area (Å²) in [4.78, 5) is 31.8. The van der Waals surface area contributed by atoms with Crippen LogP contribution in [0.5, 0.6) is 0 Å². The van der Waals surface area contributed by atoms with Gasteiger partial charge in [0.25, 0.3) is 0 Å². The van der Waals surface area contributed by atoms with E-state index in [0.717, 1.165) is 21.1 Å². The molecule has 0 spiro atoms. The molecular formula is C22H27N5O4S2. The minimum atomic E-state index is -3.88. The van der Waals surface area contributed by atoms with E-state index in [-0.39, 0.29) is 23.4 Å². The highest BCUT2D eigenvalue weighted by Crippen LogP contribution is 2.21. The first-order valence-electron chi connectivity index (χ1n) is 10.3. The Morgan fingerprint density at radius 2 is 1.85 bits per heavy atom. The minimum absolute atomic E-state index is 0.0307. The number of benzene rings is 2. The predicted molar refractivity (Wildman–Crippen MR) is 131 cm³/mol. The normalized spacial score (nSPS) is 12.6. The van der Waals surface area contributed by atoms with Crippen LogP contribution in [0.25, 0.3) is 11.0 Å². The smallest absolute Gasteiger partial charge is 0.243 e. The molecule has 2 aromatic carbocycles. The van der Waals surface area contributed by atoms with Gasteiger partial charge in [-0.25, -0.2) is 13.4 Å². The van der Waals surface area contributed by atoms with Gasteiger partial charge in [0, 0.05) is 19.7 Å². The number of anilines is 1. The van der Waals surface area contributed by atoms with Crippen LogP contribution in [0.2, 0.25) is 0 Å². The van der Waals surface area contributed by atoms with E-state index >= 15 is 0 Å². The summed E-state index contributed by atoms with van der Waals surface area (Å²) in [6, 6.07) is 13.0. The Balaban J connectivity index is 1.70. The summed E-state index contributed by atoms with van der Waals surface area (Å²) in [5.74, 6) is 0.761. The third kappa shape index (κ3) is 6.34. The van der Waals surface area contributed by atoms with Gasteiger partial charge < -0.3 is 15.6 Å². The van der Waals surface area contributed by atoms with Gasteiger partial charge in [-0.15, -0.1) is 0 Å². The molecule has 9 nitrogen and oxygen atoms in total. The number of hydrogen-bond acceptors (Lipinski definition) is 6. The standard InChI is InChI=1S/C22H27N5O4S2/c1-15(28)23-16-8-10-17(11-9-16)33(30,31)27(2)14-21(29)24-20(12-13-32-3)22-25-18-6-4-5-7-19(18)26-22/h4-11,20H,12-14H2,1-3H3,(H,23,28)(H,24,29)(H,25,26)/t20-/m0/s1. The van der Waals surface area contributed by atoms with Crippen molar-refractivity contribution in [2.75, 3.05) is 30.9 Å². The number of nitrogens with zero attached hydrogens (tertiary/aromatic N) is 2. The number of amides is 2. The SMILES string of the molecule is CSCC[C@H](NC(=O)CN(C)S(=O)(=O)c1ccc(NC(C)=O)cc1)c1nc2ccccc2[nH]1. The molecule has 2 amide bonds. The largest absolute Gasteiger partial charge is 0.345 e. The average molecular weight is 490 g/mol. The lowest BCUT2D eigenvalue weighted by Crippen LogP contribution is -2.40. The molecule has 0 saturated carbocycles. The number of aromatic nitrogens is 2. The number of fused-ring (bicyclic) bond motifs is 1. The maximum absolute atomic E-state index is 12.9. The number of carbonyl (C=O) groups excluding carboxylic acids is 2. The molecule has 1 heterocycles. The van der Waals surface area contributed by atoms with Crippen molar-refractivity contribution in [3.8, 4) is 0 Å². The lowest BCUT2D eigenvalue weighted by atomic mass is 10.2. The van der Waals surface area contributed by atoms with Gasteiger partial charge in [-0.2, -0.15) is 16.1 Å². The first-order chi connectivity index (χ1) is 15.7. The number of sulfonamides is 1. The monoisotopic (exact) mass is 489 g/mol. The van der Waals surface area contributed by atoms with Crippen molar-refractivity contribution in [3.63, 3.8) is 0 Å². The second-order valence-corrected chi connectivity index (χ2v) is 10.5. The zero-order chi connectivity index (χ0) is 24.0. The Morgan fingerprint density at radius 1 is 1.15 bits per heavy atom. The molecule has 3 N–H and O–H groups in total. The predicted octanol–water partition coefficient (Wildman–Crippen LogP) is 2.75. The van der Waals surface area contributed by atoms with Crippen molar-refractivity contribution >= 4 is 50.3 Å². The molecule has 0 fully saturated rings. The average Bonchev–Trinajstić information content (AvgIpc) is 3.20. The molecular weight excluding hydrogens is 462 g/mol. The number of imidazole rings is 1. The number of hydrogen-bond donors (Lipinski definition) is 3. The molecule has 0 aliphatic carbocycles. The number of H-pyrrole nitrogens is 1. The van der Waals surface area contributed by atoms with Crippen molar-refractivity contribution in [1.29, 1.82) is 0 Å². The van der Waals surface area contributed by atoms with E-state index in [1.165, 1.54) is 38.2 Å². The second kappa shape index (κ2) is 10.8. The van der Waals surface area contributed by atoms with Gasteiger partial charge in [-0.05, 0) is 54.8 Å². The summed E-state index contributed by atoms with van der Waals surface area (Å²) in [6.45, 7) is 1.03. The van der Waals surface area contributed by atoms with E-state index in [9.17, 15) is 18.0 Å². The molecule has 3 rings (SSSR count). The van der Waals surface area contributed by atoms with Crippen molar-refractivity contribution in [1.82, 2.24) is 19.6 Å². The summed E-state index contributed by atoms with van der Waals surface area (Å²) in [7, 11) is -2.53. The number of thioether (sulfide) groups is 1. The van der Waals surface area contributed by atoms with Crippen LogP contribution < -0.4 is 10.6 Å². The molecule has 0 aliphatic heterocycles. The zero-order valence-electron chi connectivity index (χ0n) is 18.7. The molecule has 1 atom stereocenters. The lowest BCUT2D eigenvalue weighted by molar-refractivity contribution is -0.122. The van der Waals surface area contributed by atoms with Gasteiger partial charge in [0.1, 0.15) is 5.82 Å². The van der Waals surface area contributed by atoms with E-state index in [1.807, 2.05) is 30.5 Å². The van der Waals surface area contributed by atoms with Crippen LogP contribution in [-0.2, 0) is 19.6 Å². The maximum atomic E-state index is 12.9. The number of nitrogens with one attached hydrogen (secondary N) is 3. The molecule has 176 valence electrons. The summed E-state index contributed by atoms with van der Waals surface area (Å²) in [5.41, 5.74) is 2.17. The van der Waals surface area contributed by atoms with Crippen molar-refractivity contribution < 1.29 is 18.0 Å². The minimum Gasteiger partial charge on any atom is -0.345 e. The van der Waals surface area contributed by atoms with E-state index in [0.29, 0.717) is 17.9 Å². The second-order valence-electron chi connectivity index (χ2n) is 7.51. The Morgan fingerprint density at radius 3 is 2.48 bits per heavy atom. The number of carbonyl (C=O) groups is 2. The molecule has 11 heteroatoms. The van der Waals surface area contributed by atoms with E-state index in [4.69, 9.17) is 0 Å². The highest BCUT2D eigenvalue weighted by atomic mass is 32.2. The quantitative estimate of drug-likeness (QED) is 0.402. The van der Waals surface area contributed by atoms with Gasteiger partial charge in [0.2, 0.25) is 21.8 Å². The van der Waals surface area contributed by atoms with Gasteiger partial charge >= 0.3 is 0 Å². The number of rotatable bonds is 10. The number of aromatic amines is 1. The number of para-hydroxylation sites is 2. The van der Waals surface area contributed by atoms with Crippen LogP contribution in [0.15, 0.2) is 53.4 Å².